The topological polar surface area (TPSA) is 33.2 Å². The van der Waals surface area contributed by atoms with E-state index in [1.165, 1.54) is 0 Å². The molecule has 4 heteroatoms. The molecule has 0 saturated heterocycles. The van der Waals surface area contributed by atoms with Crippen molar-refractivity contribution in [1.29, 1.82) is 0 Å². The molecule has 2 rings (SSSR count). The normalized spacial score (nSPS) is 10.7. The molecule has 2 aromatic rings. The molecule has 0 aliphatic carbocycles. The highest BCUT2D eigenvalue weighted by molar-refractivity contribution is 6.33. The summed E-state index contributed by atoms with van der Waals surface area (Å²) < 4.78 is 0. The van der Waals surface area contributed by atoms with Gasteiger partial charge in [0.05, 0.1) is 5.02 Å². The van der Waals surface area contributed by atoms with E-state index in [9.17, 15) is 4.79 Å². The third kappa shape index (κ3) is 4.34. The third-order valence-corrected chi connectivity index (χ3v) is 3.77. The fourth-order valence-electron chi connectivity index (χ4n) is 1.79. The van der Waals surface area contributed by atoms with Gasteiger partial charge in [-0.05, 0) is 39.0 Å². The Bertz CT molecular complexity index is 767. The van der Waals surface area contributed by atoms with E-state index >= 15 is 0 Å². The highest BCUT2D eigenvalue weighted by Crippen LogP contribution is 2.20. The number of carbonyl (C=O) groups excluding carboxylic acids is 1. The lowest BCUT2D eigenvalue weighted by Gasteiger charge is -2.31. The van der Waals surface area contributed by atoms with Gasteiger partial charge in [0.1, 0.15) is 5.69 Å². The zero-order chi connectivity index (χ0) is 17.0. The Balaban J connectivity index is 2.25. The molecule has 0 fully saturated rings. The first-order valence-corrected chi connectivity index (χ1v) is 7.67. The SMILES string of the molecule is CN(C(=O)c1ncc(C#Cc2ccccc2)cc1Cl)C(C)(C)C. The first-order valence-electron chi connectivity index (χ1n) is 7.30. The Labute approximate surface area is 142 Å². The van der Waals surface area contributed by atoms with Gasteiger partial charge in [-0.15, -0.1) is 0 Å². The summed E-state index contributed by atoms with van der Waals surface area (Å²) in [5, 5.41) is 0.311. The largest absolute Gasteiger partial charge is 0.335 e. The molecule has 0 spiro atoms. The van der Waals surface area contributed by atoms with Crippen molar-refractivity contribution in [1.82, 2.24) is 9.88 Å². The molecule has 0 radical (unpaired) electrons. The van der Waals surface area contributed by atoms with E-state index in [1.807, 2.05) is 51.1 Å². The van der Waals surface area contributed by atoms with E-state index in [2.05, 4.69) is 16.8 Å². The van der Waals surface area contributed by atoms with Crippen molar-refractivity contribution < 1.29 is 4.79 Å². The van der Waals surface area contributed by atoms with Crippen molar-refractivity contribution in [3.05, 3.63) is 64.4 Å². The number of benzene rings is 1. The average Bonchev–Trinajstić information content (AvgIpc) is 2.52. The number of halogens is 1. The molecule has 1 heterocycles. The Hall–Kier alpha value is -2.31. The Morgan fingerprint density at radius 1 is 1.13 bits per heavy atom. The Morgan fingerprint density at radius 3 is 2.30 bits per heavy atom. The monoisotopic (exact) mass is 326 g/mol. The van der Waals surface area contributed by atoms with Crippen molar-refractivity contribution in [3.8, 4) is 11.8 Å². The fourth-order valence-corrected chi connectivity index (χ4v) is 2.04. The van der Waals surface area contributed by atoms with E-state index < -0.39 is 0 Å². The Kier molecular flexibility index (Phi) is 5.08. The molecule has 0 bridgehead atoms. The predicted octanol–water partition coefficient (Wildman–Crippen LogP) is 4.01. The summed E-state index contributed by atoms with van der Waals surface area (Å²) in [6, 6.07) is 11.3. The Morgan fingerprint density at radius 2 is 1.74 bits per heavy atom. The lowest BCUT2D eigenvalue weighted by Crippen LogP contribution is -2.42. The van der Waals surface area contributed by atoms with E-state index in [1.54, 1.807) is 24.2 Å². The smallest absolute Gasteiger partial charge is 0.274 e. The average molecular weight is 327 g/mol. The van der Waals surface area contributed by atoms with Crippen LogP contribution < -0.4 is 0 Å². The van der Waals surface area contributed by atoms with Gasteiger partial charge in [-0.2, -0.15) is 0 Å². The minimum absolute atomic E-state index is 0.204. The molecule has 118 valence electrons. The molecule has 23 heavy (non-hydrogen) atoms. The molecule has 1 amide bonds. The summed E-state index contributed by atoms with van der Waals surface area (Å²) in [4.78, 5) is 18.3. The zero-order valence-electron chi connectivity index (χ0n) is 13.7. The van der Waals surface area contributed by atoms with Crippen LogP contribution in [0.5, 0.6) is 0 Å². The van der Waals surface area contributed by atoms with E-state index in [4.69, 9.17) is 11.6 Å². The molecular formula is C19H19ClN2O. The quantitative estimate of drug-likeness (QED) is 0.742. The van der Waals surface area contributed by atoms with Crippen LogP contribution in [0.15, 0.2) is 42.6 Å². The van der Waals surface area contributed by atoms with Gasteiger partial charge in [0.15, 0.2) is 0 Å². The first-order chi connectivity index (χ1) is 10.8. The summed E-state index contributed by atoms with van der Waals surface area (Å²) >= 11 is 6.22. The van der Waals surface area contributed by atoms with E-state index in [0.29, 0.717) is 10.6 Å². The van der Waals surface area contributed by atoms with Gasteiger partial charge in [-0.25, -0.2) is 4.98 Å². The highest BCUT2D eigenvalue weighted by atomic mass is 35.5. The number of carbonyl (C=O) groups is 1. The lowest BCUT2D eigenvalue weighted by molar-refractivity contribution is 0.0650. The standard InChI is InChI=1S/C19H19ClN2O/c1-19(2,3)22(4)18(23)17-16(20)12-15(13-21-17)11-10-14-8-6-5-7-9-14/h5-9,12-13H,1-4H3. The lowest BCUT2D eigenvalue weighted by atomic mass is 10.1. The van der Waals surface area contributed by atoms with Crippen LogP contribution in [0.1, 0.15) is 42.4 Å². The van der Waals surface area contributed by atoms with Crippen LogP contribution in [-0.2, 0) is 0 Å². The van der Waals surface area contributed by atoms with Crippen molar-refractivity contribution >= 4 is 17.5 Å². The van der Waals surface area contributed by atoms with Gasteiger partial charge in [0.2, 0.25) is 0 Å². The summed E-state index contributed by atoms with van der Waals surface area (Å²) in [7, 11) is 1.74. The third-order valence-electron chi connectivity index (χ3n) is 3.48. The molecule has 1 aromatic carbocycles. The molecule has 0 aliphatic rings. The number of amides is 1. The van der Waals surface area contributed by atoms with Gasteiger partial charge >= 0.3 is 0 Å². The zero-order valence-corrected chi connectivity index (χ0v) is 14.5. The van der Waals surface area contributed by atoms with Crippen molar-refractivity contribution in [3.63, 3.8) is 0 Å². The van der Waals surface area contributed by atoms with Crippen LogP contribution in [0.3, 0.4) is 0 Å². The van der Waals surface area contributed by atoms with Crippen molar-refractivity contribution in [2.24, 2.45) is 0 Å². The first kappa shape index (κ1) is 17.1. The van der Waals surface area contributed by atoms with Crippen LogP contribution in [0, 0.1) is 11.8 Å². The van der Waals surface area contributed by atoms with Gasteiger partial charge < -0.3 is 4.90 Å². The number of aromatic nitrogens is 1. The maximum atomic E-state index is 12.4. The van der Waals surface area contributed by atoms with Crippen LogP contribution in [0.2, 0.25) is 5.02 Å². The minimum atomic E-state index is -0.298. The number of hydrogen-bond donors (Lipinski definition) is 0. The van der Waals surface area contributed by atoms with Crippen molar-refractivity contribution in [2.45, 2.75) is 26.3 Å². The van der Waals surface area contributed by atoms with Crippen molar-refractivity contribution in [2.75, 3.05) is 7.05 Å². The number of rotatable bonds is 1. The molecule has 0 unspecified atom stereocenters. The fraction of sp³-hybridized carbons (Fsp3) is 0.263. The second-order valence-electron chi connectivity index (χ2n) is 6.21. The van der Waals surface area contributed by atoms with Gasteiger partial charge in [0.25, 0.3) is 5.91 Å². The highest BCUT2D eigenvalue weighted by Gasteiger charge is 2.25. The maximum Gasteiger partial charge on any atom is 0.274 e. The predicted molar refractivity (Wildman–Crippen MR) is 93.5 cm³/mol. The molecular weight excluding hydrogens is 308 g/mol. The number of pyridine rings is 1. The van der Waals surface area contributed by atoms with Crippen LogP contribution >= 0.6 is 11.6 Å². The summed E-state index contributed by atoms with van der Waals surface area (Å²) in [6.45, 7) is 5.87. The number of nitrogens with zero attached hydrogens (tertiary/aromatic N) is 2. The van der Waals surface area contributed by atoms with Crippen LogP contribution in [-0.4, -0.2) is 28.4 Å². The molecule has 0 saturated carbocycles. The van der Waals surface area contributed by atoms with Gasteiger partial charge in [0, 0.05) is 29.9 Å². The van der Waals surface area contributed by atoms with Gasteiger partial charge in [-0.3, -0.25) is 4.79 Å². The number of hydrogen-bond acceptors (Lipinski definition) is 2. The van der Waals surface area contributed by atoms with Gasteiger partial charge in [-0.1, -0.05) is 41.6 Å². The minimum Gasteiger partial charge on any atom is -0.335 e. The van der Waals surface area contributed by atoms with E-state index in [0.717, 1.165) is 5.56 Å². The van der Waals surface area contributed by atoms with E-state index in [-0.39, 0.29) is 17.1 Å². The van der Waals surface area contributed by atoms with Crippen LogP contribution in [0.25, 0.3) is 0 Å². The summed E-state index contributed by atoms with van der Waals surface area (Å²) in [5.41, 5.74) is 1.54. The van der Waals surface area contributed by atoms with Crippen LogP contribution in [0.4, 0.5) is 0 Å². The molecule has 3 nitrogen and oxygen atoms in total. The molecule has 0 aliphatic heterocycles. The second-order valence-corrected chi connectivity index (χ2v) is 6.61. The summed E-state index contributed by atoms with van der Waals surface area (Å²) in [5.74, 6) is 5.84. The molecule has 0 atom stereocenters. The second kappa shape index (κ2) is 6.85. The molecule has 0 N–H and O–H groups in total. The maximum absolute atomic E-state index is 12.4. The summed E-state index contributed by atoms with van der Waals surface area (Å²) in [6.07, 6.45) is 1.57. The molecule has 1 aromatic heterocycles.